The summed E-state index contributed by atoms with van der Waals surface area (Å²) in [7, 11) is -3.84. The molecule has 2 aromatic carbocycles. The maximum absolute atomic E-state index is 13.9. The van der Waals surface area contributed by atoms with Crippen LogP contribution >= 0.6 is 11.6 Å². The molecule has 59 heavy (non-hydrogen) atoms. The molecule has 4 heterocycles. The molecular formula is C41H48ClF3N8O5S. The third-order valence-electron chi connectivity index (χ3n) is 11.6. The van der Waals surface area contributed by atoms with Crippen LogP contribution in [0.25, 0.3) is 0 Å². The number of β-amino-alcohol motifs (C(OH)–C–C–N with tert-alkyl or cyclic N) is 1. The van der Waals surface area contributed by atoms with E-state index in [0.717, 1.165) is 44.5 Å². The van der Waals surface area contributed by atoms with Crippen LogP contribution in [0.15, 0.2) is 47.5 Å². The Morgan fingerprint density at radius 3 is 2.54 bits per heavy atom. The summed E-state index contributed by atoms with van der Waals surface area (Å²) in [5, 5.41) is 16.3. The molecule has 0 radical (unpaired) electrons. The Hall–Kier alpha value is -4.31. The highest BCUT2D eigenvalue weighted by atomic mass is 35.5. The molecule has 4 aliphatic rings. The average Bonchev–Trinajstić information content (AvgIpc) is 3.16. The van der Waals surface area contributed by atoms with Gasteiger partial charge in [-0.05, 0) is 93.5 Å². The normalized spacial score (nSPS) is 24.5. The summed E-state index contributed by atoms with van der Waals surface area (Å²) < 4.78 is 71.3. The minimum absolute atomic E-state index is 0.00666. The largest absolute Gasteiger partial charge is 0.421 e. The lowest BCUT2D eigenvalue weighted by atomic mass is 9.86. The Bertz CT molecular complexity index is 2250. The molecular weight excluding hydrogens is 809 g/mol. The van der Waals surface area contributed by atoms with Crippen molar-refractivity contribution in [1.29, 1.82) is 0 Å². The number of amides is 2. The van der Waals surface area contributed by atoms with Crippen molar-refractivity contribution in [1.82, 2.24) is 29.8 Å². The van der Waals surface area contributed by atoms with Gasteiger partial charge in [-0.2, -0.15) is 18.2 Å². The van der Waals surface area contributed by atoms with E-state index in [2.05, 4.69) is 47.0 Å². The van der Waals surface area contributed by atoms with E-state index in [1.54, 1.807) is 26.0 Å². The van der Waals surface area contributed by atoms with Crippen LogP contribution in [0.5, 0.6) is 0 Å². The van der Waals surface area contributed by atoms with Gasteiger partial charge in [0.15, 0.2) is 0 Å². The maximum atomic E-state index is 13.9. The lowest BCUT2D eigenvalue weighted by molar-refractivity contribution is -0.138. The van der Waals surface area contributed by atoms with Gasteiger partial charge in [0.25, 0.3) is 0 Å². The fourth-order valence-electron chi connectivity index (χ4n) is 8.22. The summed E-state index contributed by atoms with van der Waals surface area (Å²) in [6.45, 7) is 7.91. The van der Waals surface area contributed by atoms with Crippen LogP contribution in [0, 0.1) is 18.8 Å². The van der Waals surface area contributed by atoms with Gasteiger partial charge in [0.2, 0.25) is 27.8 Å². The zero-order valence-corrected chi connectivity index (χ0v) is 34.5. The second kappa shape index (κ2) is 17.3. The highest BCUT2D eigenvalue weighted by Crippen LogP contribution is 2.38. The number of halogens is 4. The summed E-state index contributed by atoms with van der Waals surface area (Å²) in [4.78, 5) is 38.3. The third-order valence-corrected chi connectivity index (χ3v) is 13.4. The molecule has 3 aromatic rings. The topological polar surface area (TPSA) is 160 Å². The lowest BCUT2D eigenvalue weighted by Crippen LogP contribution is -2.58. The second-order valence-electron chi connectivity index (χ2n) is 16.2. The SMILES string of the molecule is Cc1cc(S(=O)(=O)NC2CC(N3CCN(CCC#Cc4ccc(Cl)c(C5CCC(=O)NC5=O)c4)CC3)C2)ccc1Nc1ncc(C(F)(F)F)c(N2CCC[C@](C)(O)C2)n1. The number of nitrogens with zero attached hydrogens (tertiary/aromatic N) is 5. The van der Waals surface area contributed by atoms with Crippen LogP contribution in [0.4, 0.5) is 30.6 Å². The van der Waals surface area contributed by atoms with Crippen molar-refractivity contribution < 1.29 is 36.3 Å². The number of hydrogen-bond donors (Lipinski definition) is 4. The molecule has 13 nitrogen and oxygen atoms in total. The van der Waals surface area contributed by atoms with Gasteiger partial charge in [-0.25, -0.2) is 18.1 Å². The highest BCUT2D eigenvalue weighted by molar-refractivity contribution is 7.89. The summed E-state index contributed by atoms with van der Waals surface area (Å²) in [5.74, 6) is 4.94. The number of rotatable bonds is 10. The maximum Gasteiger partial charge on any atom is 0.421 e. The van der Waals surface area contributed by atoms with Gasteiger partial charge in [0.1, 0.15) is 11.4 Å². The van der Waals surface area contributed by atoms with E-state index in [0.29, 0.717) is 66.9 Å². The Morgan fingerprint density at radius 1 is 1.08 bits per heavy atom. The first kappa shape index (κ1) is 42.8. The van der Waals surface area contributed by atoms with Gasteiger partial charge in [-0.3, -0.25) is 24.7 Å². The molecule has 4 fully saturated rings. The molecule has 1 unspecified atom stereocenters. The lowest BCUT2D eigenvalue weighted by Gasteiger charge is -2.46. The van der Waals surface area contributed by atoms with Crippen molar-refractivity contribution in [3.8, 4) is 11.8 Å². The minimum atomic E-state index is -4.69. The minimum Gasteiger partial charge on any atom is -0.388 e. The Balaban J connectivity index is 0.868. The van der Waals surface area contributed by atoms with E-state index >= 15 is 0 Å². The highest BCUT2D eigenvalue weighted by Gasteiger charge is 2.40. The van der Waals surface area contributed by atoms with Crippen LogP contribution in [-0.4, -0.2) is 109 Å². The second-order valence-corrected chi connectivity index (χ2v) is 18.3. The van der Waals surface area contributed by atoms with Gasteiger partial charge < -0.3 is 15.3 Å². The molecule has 7 rings (SSSR count). The monoisotopic (exact) mass is 856 g/mol. The summed E-state index contributed by atoms with van der Waals surface area (Å²) >= 11 is 6.39. The number of anilines is 3. The van der Waals surface area contributed by atoms with Gasteiger partial charge in [0.05, 0.1) is 16.4 Å². The number of sulfonamides is 1. The third kappa shape index (κ3) is 10.4. The smallest absolute Gasteiger partial charge is 0.388 e. The summed E-state index contributed by atoms with van der Waals surface area (Å²) in [6.07, 6.45) is -0.228. The number of carbonyl (C=O) groups is 2. The first-order valence-corrected chi connectivity index (χ1v) is 21.7. The fourth-order valence-corrected chi connectivity index (χ4v) is 9.81. The standard InChI is InChI=1S/C41H48ClF3N8O5S/c1-26-20-30(8-11-35(26)47-39-46-24-33(41(43,44)45)37(49-39)53-15-5-13-40(2,56)25-53)59(57,58)50-28-22-29(23-28)52-18-16-51(17-19-52)14-4-3-6-27-7-10-34(42)32(21-27)31-9-12-36(54)48-38(31)55/h7-8,10-11,20-21,24,28-29,31,50,56H,4-5,9,12-19,22-23,25H2,1-2H3,(H,46,47,49)(H,48,54,55)/t28?,29?,31?,40-/m0/s1. The zero-order chi connectivity index (χ0) is 42.1. The molecule has 1 saturated carbocycles. The zero-order valence-electron chi connectivity index (χ0n) is 32.9. The molecule has 2 atom stereocenters. The molecule has 3 saturated heterocycles. The number of aromatic nitrogens is 2. The first-order valence-electron chi connectivity index (χ1n) is 19.8. The molecule has 0 spiro atoms. The van der Waals surface area contributed by atoms with Crippen molar-refractivity contribution in [3.05, 3.63) is 69.9 Å². The molecule has 0 bridgehead atoms. The molecule has 1 aromatic heterocycles. The molecule has 1 aliphatic carbocycles. The summed E-state index contributed by atoms with van der Waals surface area (Å²) in [5.41, 5.74) is 0.280. The quantitative estimate of drug-likeness (QED) is 0.162. The number of alkyl halides is 3. The summed E-state index contributed by atoms with van der Waals surface area (Å²) in [6, 6.07) is 9.98. The number of piperazine rings is 1. The van der Waals surface area contributed by atoms with E-state index < -0.39 is 33.3 Å². The van der Waals surface area contributed by atoms with Crippen molar-refractivity contribution in [2.24, 2.45) is 0 Å². The number of carbonyl (C=O) groups excluding carboxylic acids is 2. The number of imide groups is 1. The Labute approximate surface area is 347 Å². The van der Waals surface area contributed by atoms with E-state index in [4.69, 9.17) is 11.6 Å². The molecule has 4 N–H and O–H groups in total. The predicted octanol–water partition coefficient (Wildman–Crippen LogP) is 4.94. The molecule has 18 heteroatoms. The molecule has 316 valence electrons. The van der Waals surface area contributed by atoms with Crippen LogP contribution in [0.2, 0.25) is 5.02 Å². The molecule has 3 aliphatic heterocycles. The van der Waals surface area contributed by atoms with Crippen molar-refractivity contribution in [3.63, 3.8) is 0 Å². The number of nitrogens with one attached hydrogen (secondary N) is 3. The van der Waals surface area contributed by atoms with Crippen LogP contribution in [-0.2, 0) is 25.8 Å². The Kier molecular flexibility index (Phi) is 12.6. The number of aliphatic hydroxyl groups is 1. The van der Waals surface area contributed by atoms with E-state index in [1.807, 2.05) is 12.1 Å². The predicted molar refractivity (Wildman–Crippen MR) is 217 cm³/mol. The van der Waals surface area contributed by atoms with Gasteiger partial charge in [-0.15, -0.1) is 0 Å². The van der Waals surface area contributed by atoms with E-state index in [1.165, 1.54) is 17.0 Å². The number of benzene rings is 2. The van der Waals surface area contributed by atoms with E-state index in [9.17, 15) is 36.3 Å². The van der Waals surface area contributed by atoms with Crippen LogP contribution < -0.4 is 20.3 Å². The van der Waals surface area contributed by atoms with Gasteiger partial charge in [-0.1, -0.05) is 23.4 Å². The number of piperidine rings is 2. The van der Waals surface area contributed by atoms with Gasteiger partial charge >= 0.3 is 6.18 Å². The van der Waals surface area contributed by atoms with Crippen molar-refractivity contribution >= 4 is 50.9 Å². The number of hydrogen-bond acceptors (Lipinski definition) is 11. The Morgan fingerprint density at radius 2 is 1.85 bits per heavy atom. The van der Waals surface area contributed by atoms with E-state index in [-0.39, 0.29) is 53.5 Å². The first-order chi connectivity index (χ1) is 27.9. The van der Waals surface area contributed by atoms with Crippen molar-refractivity contribution in [2.45, 2.75) is 93.5 Å². The van der Waals surface area contributed by atoms with Crippen LogP contribution in [0.1, 0.15) is 80.0 Å². The van der Waals surface area contributed by atoms with Crippen molar-refractivity contribution in [2.75, 3.05) is 56.0 Å². The fraction of sp³-hybridized carbons (Fsp3) is 0.512. The van der Waals surface area contributed by atoms with Crippen LogP contribution in [0.3, 0.4) is 0 Å². The van der Waals surface area contributed by atoms with Gasteiger partial charge in [0, 0.05) is 93.2 Å². The number of aryl methyl sites for hydroxylation is 1. The molecule has 2 amide bonds. The average molecular weight is 857 g/mol.